The summed E-state index contributed by atoms with van der Waals surface area (Å²) in [5, 5.41) is 21.2. The maximum absolute atomic E-state index is 12.0. The Morgan fingerprint density at radius 3 is 1.31 bits per heavy atom. The average Bonchev–Trinajstić information content (AvgIpc) is 3.19. The topological polar surface area (TPSA) is 105 Å². The molecule has 2 unspecified atom stereocenters. The van der Waals surface area contributed by atoms with E-state index in [2.05, 4.69) is 116 Å². The summed E-state index contributed by atoms with van der Waals surface area (Å²) in [6, 6.07) is 0. The fourth-order valence-electron chi connectivity index (χ4n) is 5.35. The van der Waals surface area contributed by atoms with Crippen LogP contribution in [0, 0.1) is 0 Å². The summed E-state index contributed by atoms with van der Waals surface area (Å²) in [5.41, 5.74) is 0. The van der Waals surface area contributed by atoms with E-state index < -0.39 is 18.4 Å². The number of aliphatic hydroxyl groups excluding tert-OH is 1. The van der Waals surface area contributed by atoms with Crippen molar-refractivity contribution in [2.24, 2.45) is 0 Å². The number of quaternary nitrogens is 1. The van der Waals surface area contributed by atoms with E-state index in [1.807, 2.05) is 21.1 Å². The summed E-state index contributed by atoms with van der Waals surface area (Å²) in [6.07, 6.45) is 58.3. The molecule has 1 N–H and O–H groups in total. The molecule has 0 aliphatic heterocycles. The van der Waals surface area contributed by atoms with Gasteiger partial charge in [0, 0.05) is 6.42 Å². The standard InChI is InChI=1S/C50H81NO7/c1-5-6-7-8-9-10-11-12-13-14-15-16-17-18-19-20-21-22-23-24-25-26-27-28-29-30-31-32-33-34-35-36-37-38-39-40-41-42-48(53)57-45-47(52)46-58-50(49(54)55)56-44-43-51(2,3)4/h6-7,9-10,12-13,15-16,18-19,21-22,24-25,27-28,30-31,47,50,52H,5,8,11,14,17,20,23,26,29,32-46H2,1-4H3/b7-6-,10-9-,13-12-,16-15-,19-18-,22-21-,25-24-,28-27-,31-30-. The number of aliphatic carboxylic acids is 1. The first-order chi connectivity index (χ1) is 28.2. The van der Waals surface area contributed by atoms with Gasteiger partial charge >= 0.3 is 5.97 Å². The molecule has 0 aromatic heterocycles. The summed E-state index contributed by atoms with van der Waals surface area (Å²) in [5.74, 6) is -1.89. The molecule has 0 aromatic carbocycles. The molecule has 0 aliphatic rings. The van der Waals surface area contributed by atoms with Gasteiger partial charge in [0.25, 0.3) is 0 Å². The molecule has 0 saturated carbocycles. The van der Waals surface area contributed by atoms with Crippen molar-refractivity contribution < 1.29 is 38.5 Å². The number of rotatable bonds is 39. The molecule has 0 saturated heterocycles. The number of hydrogen-bond donors (Lipinski definition) is 1. The Kier molecular flexibility index (Phi) is 39.0. The molecule has 0 heterocycles. The fraction of sp³-hybridized carbons (Fsp3) is 0.600. The van der Waals surface area contributed by atoms with Gasteiger partial charge in [0.1, 0.15) is 19.3 Å². The van der Waals surface area contributed by atoms with E-state index in [1.165, 1.54) is 38.5 Å². The maximum Gasteiger partial charge on any atom is 0.305 e. The van der Waals surface area contributed by atoms with Gasteiger partial charge in [-0.3, -0.25) is 4.79 Å². The molecule has 0 fully saturated rings. The zero-order valence-corrected chi connectivity index (χ0v) is 36.9. The van der Waals surface area contributed by atoms with E-state index in [1.54, 1.807) is 0 Å². The lowest BCUT2D eigenvalue weighted by Gasteiger charge is -2.26. The quantitative estimate of drug-likeness (QED) is 0.0217. The first-order valence-corrected chi connectivity index (χ1v) is 22.1. The smallest absolute Gasteiger partial charge is 0.305 e. The molecule has 328 valence electrons. The fourth-order valence-corrected chi connectivity index (χ4v) is 5.35. The number of nitrogens with zero attached hydrogens (tertiary/aromatic N) is 1. The largest absolute Gasteiger partial charge is 0.545 e. The number of esters is 1. The van der Waals surface area contributed by atoms with Crippen LogP contribution in [-0.2, 0) is 23.8 Å². The number of allylic oxidation sites excluding steroid dienone is 18. The van der Waals surface area contributed by atoms with Crippen LogP contribution in [0.15, 0.2) is 109 Å². The number of unbranched alkanes of at least 4 members (excludes halogenated alkanes) is 9. The third-order valence-corrected chi connectivity index (χ3v) is 8.77. The van der Waals surface area contributed by atoms with E-state index in [0.717, 1.165) is 83.5 Å². The predicted molar refractivity (Wildman–Crippen MR) is 241 cm³/mol. The van der Waals surface area contributed by atoms with Crippen LogP contribution in [0.2, 0.25) is 0 Å². The molecule has 8 heteroatoms. The first-order valence-electron chi connectivity index (χ1n) is 22.1. The number of carbonyl (C=O) groups is 2. The zero-order valence-electron chi connectivity index (χ0n) is 36.9. The highest BCUT2D eigenvalue weighted by Gasteiger charge is 2.17. The molecular weight excluding hydrogens is 727 g/mol. The molecule has 0 rings (SSSR count). The molecule has 2 atom stereocenters. The lowest BCUT2D eigenvalue weighted by molar-refractivity contribution is -0.870. The predicted octanol–water partition coefficient (Wildman–Crippen LogP) is 10.5. The molecule has 0 aromatic rings. The van der Waals surface area contributed by atoms with Crippen LogP contribution >= 0.6 is 0 Å². The Morgan fingerprint density at radius 1 is 0.534 bits per heavy atom. The number of aliphatic hydroxyl groups is 1. The van der Waals surface area contributed by atoms with E-state index in [4.69, 9.17) is 14.2 Å². The van der Waals surface area contributed by atoms with Crippen molar-refractivity contribution in [3.05, 3.63) is 109 Å². The van der Waals surface area contributed by atoms with Gasteiger partial charge in [-0.1, -0.05) is 161 Å². The number of ether oxygens (including phenoxy) is 3. The molecule has 8 nitrogen and oxygen atoms in total. The Balaban J connectivity index is 3.61. The molecule has 0 aliphatic carbocycles. The second kappa shape index (κ2) is 41.6. The van der Waals surface area contributed by atoms with Gasteiger partial charge in [-0.05, 0) is 77.0 Å². The zero-order chi connectivity index (χ0) is 42.6. The lowest BCUT2D eigenvalue weighted by atomic mass is 10.1. The summed E-state index contributed by atoms with van der Waals surface area (Å²) >= 11 is 0. The van der Waals surface area contributed by atoms with Crippen molar-refractivity contribution in [2.45, 2.75) is 148 Å². The van der Waals surface area contributed by atoms with Crippen LogP contribution in [-0.4, -0.2) is 81.4 Å². The number of hydrogen-bond acceptors (Lipinski definition) is 7. The minimum atomic E-state index is -1.58. The summed E-state index contributed by atoms with van der Waals surface area (Å²) in [6.45, 7) is 2.31. The molecule has 58 heavy (non-hydrogen) atoms. The molecule has 0 bridgehead atoms. The SMILES string of the molecule is CC/C=C\C/C=C\C/C=C\C/C=C\C/C=C\C/C=C\C/C=C\C/C=C\C/C=C\CCCCCCCCCCCC(=O)OCC(O)COC(OCC[N+](C)(C)C)C(=O)[O-]. The summed E-state index contributed by atoms with van der Waals surface area (Å²) < 4.78 is 16.0. The van der Waals surface area contributed by atoms with Crippen molar-refractivity contribution in [2.75, 3.05) is 47.5 Å². The van der Waals surface area contributed by atoms with Crippen molar-refractivity contribution in [3.8, 4) is 0 Å². The normalized spacial score (nSPS) is 14.2. The Labute approximate surface area is 354 Å². The average molecular weight is 808 g/mol. The maximum atomic E-state index is 12.0. The lowest BCUT2D eigenvalue weighted by Crippen LogP contribution is -2.44. The Hall–Kier alpha value is -3.56. The summed E-state index contributed by atoms with van der Waals surface area (Å²) in [4.78, 5) is 23.2. The third-order valence-electron chi connectivity index (χ3n) is 8.77. The Bertz CT molecular complexity index is 1250. The third kappa shape index (κ3) is 43.6. The van der Waals surface area contributed by atoms with Crippen LogP contribution in [0.3, 0.4) is 0 Å². The van der Waals surface area contributed by atoms with Gasteiger partial charge in [0.2, 0.25) is 0 Å². The van der Waals surface area contributed by atoms with Crippen LogP contribution in [0.4, 0.5) is 0 Å². The highest BCUT2D eigenvalue weighted by Crippen LogP contribution is 2.12. The van der Waals surface area contributed by atoms with Crippen molar-refractivity contribution in [1.29, 1.82) is 0 Å². The van der Waals surface area contributed by atoms with E-state index >= 15 is 0 Å². The Morgan fingerprint density at radius 2 is 0.914 bits per heavy atom. The van der Waals surface area contributed by atoms with Gasteiger partial charge in [-0.25, -0.2) is 0 Å². The highest BCUT2D eigenvalue weighted by molar-refractivity contribution is 5.69. The minimum Gasteiger partial charge on any atom is -0.545 e. The van der Waals surface area contributed by atoms with Crippen LogP contribution in [0.5, 0.6) is 0 Å². The van der Waals surface area contributed by atoms with E-state index in [0.29, 0.717) is 17.4 Å². The molecule has 0 radical (unpaired) electrons. The first kappa shape index (κ1) is 54.4. The summed E-state index contributed by atoms with van der Waals surface area (Å²) in [7, 11) is 5.86. The highest BCUT2D eigenvalue weighted by atomic mass is 16.7. The van der Waals surface area contributed by atoms with Gasteiger partial charge in [0.15, 0.2) is 6.29 Å². The number of carboxylic acid groups (broad SMARTS) is 1. The van der Waals surface area contributed by atoms with E-state index in [9.17, 15) is 19.8 Å². The monoisotopic (exact) mass is 808 g/mol. The van der Waals surface area contributed by atoms with Crippen LogP contribution < -0.4 is 5.11 Å². The van der Waals surface area contributed by atoms with E-state index in [-0.39, 0.29) is 25.8 Å². The van der Waals surface area contributed by atoms with Crippen molar-refractivity contribution >= 4 is 11.9 Å². The molecule has 0 amide bonds. The molecular formula is C50H81NO7. The van der Waals surface area contributed by atoms with Gasteiger partial charge in [-0.2, -0.15) is 0 Å². The van der Waals surface area contributed by atoms with Crippen molar-refractivity contribution in [1.82, 2.24) is 0 Å². The minimum absolute atomic E-state index is 0.164. The van der Waals surface area contributed by atoms with Gasteiger partial charge in [0.05, 0.1) is 40.3 Å². The van der Waals surface area contributed by atoms with Gasteiger partial charge < -0.3 is 33.7 Å². The molecule has 0 spiro atoms. The van der Waals surface area contributed by atoms with Gasteiger partial charge in [-0.15, -0.1) is 0 Å². The second-order valence-electron chi connectivity index (χ2n) is 15.5. The second-order valence-corrected chi connectivity index (χ2v) is 15.5. The van der Waals surface area contributed by atoms with Crippen molar-refractivity contribution in [3.63, 3.8) is 0 Å². The number of likely N-dealkylation sites (N-methyl/N-ethyl adjacent to an activating group) is 1. The number of carbonyl (C=O) groups excluding carboxylic acids is 2. The van der Waals surface area contributed by atoms with Crippen LogP contribution in [0.1, 0.15) is 135 Å². The van der Waals surface area contributed by atoms with Crippen LogP contribution in [0.25, 0.3) is 0 Å². The number of carboxylic acids is 1.